The van der Waals surface area contributed by atoms with E-state index in [0.29, 0.717) is 0 Å². The molecular weight excluding hydrogens is 232 g/mol. The van der Waals surface area contributed by atoms with Gasteiger partial charge in [-0.1, -0.05) is 42.7 Å². The van der Waals surface area contributed by atoms with Gasteiger partial charge >= 0.3 is 0 Å². The first-order chi connectivity index (χ1) is 9.08. The van der Waals surface area contributed by atoms with E-state index in [1.165, 1.54) is 42.6 Å². The maximum Gasteiger partial charge on any atom is 0.0307 e. The van der Waals surface area contributed by atoms with Crippen LogP contribution in [0.5, 0.6) is 0 Å². The number of likely N-dealkylation sites (tertiary alicyclic amines) is 1. The Balaban J connectivity index is 1.85. The third kappa shape index (κ3) is 4.05. The first-order valence-corrected chi connectivity index (χ1v) is 7.64. The van der Waals surface area contributed by atoms with Crippen LogP contribution in [0.3, 0.4) is 0 Å². The zero-order valence-electron chi connectivity index (χ0n) is 12.7. The summed E-state index contributed by atoms with van der Waals surface area (Å²) in [6.45, 7) is 10.3. The third-order valence-electron chi connectivity index (χ3n) is 4.38. The minimum Gasteiger partial charge on any atom is -0.324 e. The van der Waals surface area contributed by atoms with Crippen molar-refractivity contribution in [3.8, 4) is 0 Å². The van der Waals surface area contributed by atoms with Crippen LogP contribution in [0.2, 0.25) is 0 Å². The Morgan fingerprint density at radius 1 is 1.26 bits per heavy atom. The normalized spacial score (nSPS) is 21.8. The molecule has 19 heavy (non-hydrogen) atoms. The van der Waals surface area contributed by atoms with Crippen LogP contribution in [0.4, 0.5) is 0 Å². The van der Waals surface area contributed by atoms with Crippen molar-refractivity contribution in [1.29, 1.82) is 0 Å². The average Bonchev–Trinajstić information content (AvgIpc) is 2.82. The molecule has 2 nitrogen and oxygen atoms in total. The lowest BCUT2D eigenvalue weighted by molar-refractivity contribution is 0.308. The number of hydrogen-bond acceptors (Lipinski definition) is 2. The van der Waals surface area contributed by atoms with Crippen LogP contribution in [-0.4, -0.2) is 24.5 Å². The van der Waals surface area contributed by atoms with Crippen molar-refractivity contribution < 1.29 is 0 Å². The Bertz CT molecular complexity index is 393. The van der Waals surface area contributed by atoms with Gasteiger partial charge in [0.2, 0.25) is 0 Å². The zero-order valence-corrected chi connectivity index (χ0v) is 12.7. The predicted molar refractivity (Wildman–Crippen MR) is 82.3 cm³/mol. The lowest BCUT2D eigenvalue weighted by atomic mass is 10.00. The van der Waals surface area contributed by atoms with Crippen LogP contribution >= 0.6 is 0 Å². The molecule has 106 valence electrons. The maximum absolute atomic E-state index is 6.35. The topological polar surface area (TPSA) is 29.3 Å². The van der Waals surface area contributed by atoms with E-state index in [9.17, 15) is 0 Å². The molecule has 1 heterocycles. The summed E-state index contributed by atoms with van der Waals surface area (Å²) in [5.74, 6) is 0.914. The van der Waals surface area contributed by atoms with E-state index in [-0.39, 0.29) is 6.04 Å². The van der Waals surface area contributed by atoms with Gasteiger partial charge in [0, 0.05) is 12.6 Å². The molecule has 0 aromatic heterocycles. The predicted octanol–water partition coefficient (Wildman–Crippen LogP) is 3.43. The summed E-state index contributed by atoms with van der Waals surface area (Å²) in [6, 6.07) is 6.86. The fraction of sp³-hybridized carbons (Fsp3) is 0.647. The van der Waals surface area contributed by atoms with Crippen LogP contribution in [0, 0.1) is 19.8 Å². The summed E-state index contributed by atoms with van der Waals surface area (Å²) in [4.78, 5) is 2.58. The van der Waals surface area contributed by atoms with Crippen LogP contribution in [0.25, 0.3) is 0 Å². The lowest BCUT2D eigenvalue weighted by Gasteiger charge is -2.19. The van der Waals surface area contributed by atoms with Crippen LogP contribution in [-0.2, 0) is 0 Å². The van der Waals surface area contributed by atoms with Gasteiger partial charge in [-0.05, 0) is 51.3 Å². The molecule has 0 aliphatic carbocycles. The van der Waals surface area contributed by atoms with Crippen molar-refractivity contribution in [2.75, 3.05) is 19.6 Å². The van der Waals surface area contributed by atoms with Crippen LogP contribution < -0.4 is 5.73 Å². The van der Waals surface area contributed by atoms with E-state index in [4.69, 9.17) is 5.73 Å². The molecule has 1 saturated heterocycles. The summed E-state index contributed by atoms with van der Waals surface area (Å²) >= 11 is 0. The van der Waals surface area contributed by atoms with Gasteiger partial charge in [0.1, 0.15) is 0 Å². The van der Waals surface area contributed by atoms with Gasteiger partial charge in [-0.15, -0.1) is 0 Å². The van der Waals surface area contributed by atoms with Crippen molar-refractivity contribution in [3.05, 3.63) is 34.9 Å². The number of benzene rings is 1. The number of hydrogen-bond donors (Lipinski definition) is 1. The standard InChI is InChI=1S/C17H28N2/c1-4-15-5-7-19(12-15)8-6-17(18)16-10-13(2)9-14(3)11-16/h9-11,15,17H,4-8,12,18H2,1-3H3. The second-order valence-corrected chi connectivity index (χ2v) is 6.18. The Morgan fingerprint density at radius 2 is 1.95 bits per heavy atom. The van der Waals surface area contributed by atoms with E-state index in [1.807, 2.05) is 0 Å². The number of nitrogens with two attached hydrogens (primary N) is 1. The zero-order chi connectivity index (χ0) is 13.8. The van der Waals surface area contributed by atoms with Crippen molar-refractivity contribution in [2.45, 2.75) is 46.1 Å². The van der Waals surface area contributed by atoms with E-state index in [0.717, 1.165) is 18.9 Å². The third-order valence-corrected chi connectivity index (χ3v) is 4.38. The molecule has 2 heteroatoms. The first kappa shape index (κ1) is 14.5. The Hall–Kier alpha value is -0.860. The number of aryl methyl sites for hydroxylation is 2. The second kappa shape index (κ2) is 6.53. The minimum atomic E-state index is 0.180. The largest absolute Gasteiger partial charge is 0.324 e. The number of nitrogens with zero attached hydrogens (tertiary/aromatic N) is 1. The second-order valence-electron chi connectivity index (χ2n) is 6.18. The molecule has 1 aliphatic rings. The van der Waals surface area contributed by atoms with Crippen molar-refractivity contribution in [2.24, 2.45) is 11.7 Å². The van der Waals surface area contributed by atoms with Gasteiger partial charge in [-0.25, -0.2) is 0 Å². The summed E-state index contributed by atoms with van der Waals surface area (Å²) in [7, 11) is 0. The molecule has 1 aromatic rings. The molecule has 2 N–H and O–H groups in total. The van der Waals surface area contributed by atoms with Gasteiger partial charge in [0.05, 0.1) is 0 Å². The van der Waals surface area contributed by atoms with Crippen molar-refractivity contribution >= 4 is 0 Å². The average molecular weight is 260 g/mol. The molecular formula is C17H28N2. The van der Waals surface area contributed by atoms with Crippen molar-refractivity contribution in [3.63, 3.8) is 0 Å². The molecule has 2 unspecified atom stereocenters. The molecule has 0 radical (unpaired) electrons. The minimum absolute atomic E-state index is 0.180. The van der Waals surface area contributed by atoms with Crippen LogP contribution in [0.1, 0.15) is 48.9 Å². The Kier molecular flexibility index (Phi) is 5.00. The molecule has 1 aromatic carbocycles. The SMILES string of the molecule is CCC1CCN(CCC(N)c2cc(C)cc(C)c2)C1. The highest BCUT2D eigenvalue weighted by atomic mass is 15.1. The molecule has 2 rings (SSSR count). The number of rotatable bonds is 5. The Morgan fingerprint density at radius 3 is 2.53 bits per heavy atom. The smallest absolute Gasteiger partial charge is 0.0307 e. The van der Waals surface area contributed by atoms with Gasteiger partial charge in [-0.2, -0.15) is 0 Å². The summed E-state index contributed by atoms with van der Waals surface area (Å²) in [5, 5.41) is 0. The molecule has 1 aliphatic heterocycles. The van der Waals surface area contributed by atoms with E-state index >= 15 is 0 Å². The molecule has 0 spiro atoms. The first-order valence-electron chi connectivity index (χ1n) is 7.64. The van der Waals surface area contributed by atoms with E-state index < -0.39 is 0 Å². The fourth-order valence-corrected chi connectivity index (χ4v) is 3.16. The van der Waals surface area contributed by atoms with Crippen molar-refractivity contribution in [1.82, 2.24) is 4.90 Å². The molecule has 0 amide bonds. The van der Waals surface area contributed by atoms with Gasteiger partial charge in [-0.3, -0.25) is 0 Å². The Labute approximate surface area is 118 Å². The fourth-order valence-electron chi connectivity index (χ4n) is 3.16. The van der Waals surface area contributed by atoms with Crippen LogP contribution in [0.15, 0.2) is 18.2 Å². The quantitative estimate of drug-likeness (QED) is 0.879. The van der Waals surface area contributed by atoms with Gasteiger partial charge < -0.3 is 10.6 Å². The molecule has 1 fully saturated rings. The highest BCUT2D eigenvalue weighted by Crippen LogP contribution is 2.22. The van der Waals surface area contributed by atoms with Gasteiger partial charge in [0.15, 0.2) is 0 Å². The lowest BCUT2D eigenvalue weighted by Crippen LogP contribution is -2.25. The molecule has 2 atom stereocenters. The monoisotopic (exact) mass is 260 g/mol. The molecule has 0 bridgehead atoms. The van der Waals surface area contributed by atoms with Gasteiger partial charge in [0.25, 0.3) is 0 Å². The molecule has 0 saturated carbocycles. The van der Waals surface area contributed by atoms with E-state index in [1.54, 1.807) is 0 Å². The highest BCUT2D eigenvalue weighted by molar-refractivity contribution is 5.30. The maximum atomic E-state index is 6.35. The summed E-state index contributed by atoms with van der Waals surface area (Å²) in [6.07, 6.45) is 3.76. The summed E-state index contributed by atoms with van der Waals surface area (Å²) in [5.41, 5.74) is 10.3. The summed E-state index contributed by atoms with van der Waals surface area (Å²) < 4.78 is 0. The highest BCUT2D eigenvalue weighted by Gasteiger charge is 2.21. The van der Waals surface area contributed by atoms with E-state index in [2.05, 4.69) is 43.9 Å².